The minimum Gasteiger partial charge on any atom is -0.395 e. The average molecular weight is 200 g/mol. The van der Waals surface area contributed by atoms with Gasteiger partial charge in [-0.15, -0.1) is 0 Å². The molecule has 1 fully saturated rings. The highest BCUT2D eigenvalue weighted by Crippen LogP contribution is 2.27. The van der Waals surface area contributed by atoms with Crippen molar-refractivity contribution < 1.29 is 9.90 Å². The van der Waals surface area contributed by atoms with Crippen LogP contribution in [0.4, 0.5) is 0 Å². The second-order valence-electron chi connectivity index (χ2n) is 3.88. The van der Waals surface area contributed by atoms with E-state index in [-0.39, 0.29) is 18.6 Å². The Bertz CT molecular complexity index is 193. The molecule has 0 radical (unpaired) electrons. The van der Waals surface area contributed by atoms with Gasteiger partial charge in [0.25, 0.3) is 0 Å². The molecule has 0 saturated heterocycles. The molecular weight excluding hydrogens is 180 g/mol. The van der Waals surface area contributed by atoms with Gasteiger partial charge in [-0.2, -0.15) is 0 Å². The van der Waals surface area contributed by atoms with Gasteiger partial charge in [-0.25, -0.2) is 0 Å². The van der Waals surface area contributed by atoms with Gasteiger partial charge in [-0.05, 0) is 19.3 Å². The number of aliphatic hydroxyl groups is 1. The number of aliphatic hydroxyl groups excluding tert-OH is 1. The van der Waals surface area contributed by atoms with Gasteiger partial charge >= 0.3 is 0 Å². The topological polar surface area (TPSA) is 66.6 Å². The first kappa shape index (κ1) is 11.5. The van der Waals surface area contributed by atoms with E-state index in [4.69, 9.17) is 10.8 Å². The highest BCUT2D eigenvalue weighted by Gasteiger charge is 2.33. The molecule has 0 aliphatic heterocycles. The van der Waals surface area contributed by atoms with Crippen LogP contribution in [0.1, 0.15) is 32.6 Å². The number of amides is 1. The maximum absolute atomic E-state index is 11.8. The minimum atomic E-state index is -0.382. The molecule has 0 aromatic rings. The Morgan fingerprint density at radius 3 is 2.71 bits per heavy atom. The molecule has 1 saturated carbocycles. The van der Waals surface area contributed by atoms with E-state index in [9.17, 15) is 4.79 Å². The van der Waals surface area contributed by atoms with E-state index in [1.165, 1.54) is 0 Å². The van der Waals surface area contributed by atoms with Crippen molar-refractivity contribution >= 4 is 5.91 Å². The van der Waals surface area contributed by atoms with Gasteiger partial charge in [0.1, 0.15) is 0 Å². The lowest BCUT2D eigenvalue weighted by Gasteiger charge is -2.24. The fourth-order valence-corrected chi connectivity index (χ4v) is 1.61. The zero-order valence-corrected chi connectivity index (χ0v) is 8.78. The van der Waals surface area contributed by atoms with Crippen molar-refractivity contribution in [3.8, 4) is 0 Å². The number of hydrogen-bond acceptors (Lipinski definition) is 3. The lowest BCUT2D eigenvalue weighted by Crippen LogP contribution is -2.46. The van der Waals surface area contributed by atoms with Crippen LogP contribution in [0.15, 0.2) is 0 Å². The average Bonchev–Trinajstić information content (AvgIpc) is 2.97. The Balaban J connectivity index is 2.44. The summed E-state index contributed by atoms with van der Waals surface area (Å²) in [5, 5.41) is 8.84. The molecule has 0 bridgehead atoms. The molecule has 0 heterocycles. The van der Waals surface area contributed by atoms with E-state index in [0.29, 0.717) is 12.6 Å². The predicted molar refractivity (Wildman–Crippen MR) is 54.7 cm³/mol. The zero-order chi connectivity index (χ0) is 10.6. The van der Waals surface area contributed by atoms with E-state index in [1.807, 2.05) is 6.92 Å². The largest absolute Gasteiger partial charge is 0.395 e. The quantitative estimate of drug-likeness (QED) is 0.639. The molecule has 1 atom stereocenters. The van der Waals surface area contributed by atoms with Gasteiger partial charge in [-0.3, -0.25) is 4.79 Å². The molecule has 1 aliphatic rings. The highest BCUT2D eigenvalue weighted by atomic mass is 16.3. The monoisotopic (exact) mass is 200 g/mol. The summed E-state index contributed by atoms with van der Waals surface area (Å²) in [4.78, 5) is 13.5. The fourth-order valence-electron chi connectivity index (χ4n) is 1.61. The normalized spacial score (nSPS) is 17.9. The van der Waals surface area contributed by atoms with Crippen molar-refractivity contribution in [2.75, 3.05) is 13.2 Å². The van der Waals surface area contributed by atoms with Crippen LogP contribution in [0, 0.1) is 0 Å². The summed E-state index contributed by atoms with van der Waals surface area (Å²) in [6, 6.07) is -0.0373. The Hall–Kier alpha value is -0.610. The molecule has 4 nitrogen and oxygen atoms in total. The minimum absolute atomic E-state index is 0.00315. The standard InChI is InChI=1S/C10H20N2O2/c1-2-3-9(11)10(14)12(6-7-13)8-4-5-8/h8-9,13H,2-7,11H2,1H3/t9-/m1/s1. The van der Waals surface area contributed by atoms with Crippen molar-refractivity contribution in [1.82, 2.24) is 4.90 Å². The fraction of sp³-hybridized carbons (Fsp3) is 0.900. The first-order chi connectivity index (χ1) is 6.70. The second-order valence-corrected chi connectivity index (χ2v) is 3.88. The number of rotatable bonds is 6. The Morgan fingerprint density at radius 2 is 2.29 bits per heavy atom. The first-order valence-corrected chi connectivity index (χ1v) is 5.37. The molecule has 14 heavy (non-hydrogen) atoms. The smallest absolute Gasteiger partial charge is 0.239 e. The molecule has 0 aromatic carbocycles. The molecule has 3 N–H and O–H groups in total. The van der Waals surface area contributed by atoms with E-state index < -0.39 is 0 Å². The van der Waals surface area contributed by atoms with Gasteiger partial charge in [-0.1, -0.05) is 13.3 Å². The molecule has 1 amide bonds. The summed E-state index contributed by atoms with van der Waals surface area (Å²) >= 11 is 0. The molecule has 1 aliphatic carbocycles. The summed E-state index contributed by atoms with van der Waals surface area (Å²) in [5.74, 6) is 0.00315. The van der Waals surface area contributed by atoms with E-state index in [2.05, 4.69) is 0 Å². The Labute approximate surface area is 85.1 Å². The van der Waals surface area contributed by atoms with Crippen LogP contribution in [0.2, 0.25) is 0 Å². The Kier molecular flexibility index (Phi) is 4.35. The highest BCUT2D eigenvalue weighted by molar-refractivity contribution is 5.82. The van der Waals surface area contributed by atoms with Crippen LogP contribution in [0.3, 0.4) is 0 Å². The van der Waals surface area contributed by atoms with Gasteiger partial charge in [0, 0.05) is 12.6 Å². The summed E-state index contributed by atoms with van der Waals surface area (Å²) in [5.41, 5.74) is 5.75. The molecule has 82 valence electrons. The van der Waals surface area contributed by atoms with Gasteiger partial charge in [0.2, 0.25) is 5.91 Å². The predicted octanol–water partition coefficient (Wildman–Crippen LogP) is 0.0971. The van der Waals surface area contributed by atoms with Gasteiger partial charge in [0.15, 0.2) is 0 Å². The number of carbonyl (C=O) groups is 1. The van der Waals surface area contributed by atoms with Gasteiger partial charge < -0.3 is 15.7 Å². The van der Waals surface area contributed by atoms with E-state index in [0.717, 1.165) is 25.7 Å². The van der Waals surface area contributed by atoms with Crippen molar-refractivity contribution in [3.05, 3.63) is 0 Å². The first-order valence-electron chi connectivity index (χ1n) is 5.37. The van der Waals surface area contributed by atoms with Crippen LogP contribution in [-0.4, -0.2) is 41.1 Å². The number of nitrogens with two attached hydrogens (primary N) is 1. The van der Waals surface area contributed by atoms with Crippen LogP contribution in [0.25, 0.3) is 0 Å². The summed E-state index contributed by atoms with van der Waals surface area (Å²) < 4.78 is 0. The van der Waals surface area contributed by atoms with Gasteiger partial charge in [0.05, 0.1) is 12.6 Å². The lowest BCUT2D eigenvalue weighted by molar-refractivity contribution is -0.133. The third-order valence-corrected chi connectivity index (χ3v) is 2.53. The maximum atomic E-state index is 11.8. The van der Waals surface area contributed by atoms with Crippen molar-refractivity contribution in [2.24, 2.45) is 5.73 Å². The van der Waals surface area contributed by atoms with Crippen LogP contribution >= 0.6 is 0 Å². The third-order valence-electron chi connectivity index (χ3n) is 2.53. The van der Waals surface area contributed by atoms with E-state index in [1.54, 1.807) is 4.90 Å². The molecule has 4 heteroatoms. The molecule has 0 unspecified atom stereocenters. The van der Waals surface area contributed by atoms with Crippen molar-refractivity contribution in [3.63, 3.8) is 0 Å². The summed E-state index contributed by atoms with van der Waals surface area (Å²) in [6.45, 7) is 2.47. The molecule has 0 spiro atoms. The zero-order valence-electron chi connectivity index (χ0n) is 8.78. The molecule has 0 aromatic heterocycles. The van der Waals surface area contributed by atoms with Crippen LogP contribution in [0.5, 0.6) is 0 Å². The molecule has 1 rings (SSSR count). The number of hydrogen-bond donors (Lipinski definition) is 2. The lowest BCUT2D eigenvalue weighted by atomic mass is 10.1. The number of nitrogens with zero attached hydrogens (tertiary/aromatic N) is 1. The maximum Gasteiger partial charge on any atom is 0.239 e. The number of carbonyl (C=O) groups excluding carboxylic acids is 1. The molecular formula is C10H20N2O2. The van der Waals surface area contributed by atoms with Crippen LogP contribution in [-0.2, 0) is 4.79 Å². The van der Waals surface area contributed by atoms with E-state index >= 15 is 0 Å². The van der Waals surface area contributed by atoms with Crippen molar-refractivity contribution in [1.29, 1.82) is 0 Å². The SMILES string of the molecule is CCC[C@@H](N)C(=O)N(CCO)C1CC1. The summed E-state index contributed by atoms with van der Waals surface area (Å²) in [7, 11) is 0. The third kappa shape index (κ3) is 2.96. The van der Waals surface area contributed by atoms with Crippen molar-refractivity contribution in [2.45, 2.75) is 44.7 Å². The summed E-state index contributed by atoms with van der Waals surface area (Å²) in [6.07, 6.45) is 3.77. The second kappa shape index (κ2) is 5.32. The Morgan fingerprint density at radius 1 is 1.64 bits per heavy atom. The van der Waals surface area contributed by atoms with Crippen LogP contribution < -0.4 is 5.73 Å².